The van der Waals surface area contributed by atoms with Crippen molar-refractivity contribution in [2.75, 3.05) is 13.7 Å². The molecule has 3 rings (SSSR count). The van der Waals surface area contributed by atoms with Gasteiger partial charge in [-0.25, -0.2) is 0 Å². The molecule has 10 nitrogen and oxygen atoms in total. The van der Waals surface area contributed by atoms with Crippen LogP contribution in [0.5, 0.6) is 0 Å². The highest BCUT2D eigenvalue weighted by Crippen LogP contribution is 2.39. The van der Waals surface area contributed by atoms with E-state index >= 15 is 0 Å². The van der Waals surface area contributed by atoms with Crippen molar-refractivity contribution in [2.24, 2.45) is 0 Å². The van der Waals surface area contributed by atoms with Crippen molar-refractivity contribution in [1.82, 2.24) is 0 Å². The van der Waals surface area contributed by atoms with Gasteiger partial charge in [0.15, 0.2) is 18.4 Å². The zero-order valence-electron chi connectivity index (χ0n) is 14.7. The maximum absolute atomic E-state index is 9.57. The van der Waals surface area contributed by atoms with Crippen molar-refractivity contribution in [2.45, 2.75) is 81.9 Å². The van der Waals surface area contributed by atoms with Crippen LogP contribution >= 0.6 is 0 Å². The third-order valence-corrected chi connectivity index (χ3v) is 4.27. The largest absolute Gasteiger partial charge is 0.394 e. The normalized spacial score (nSPS) is 46.4. The quantitative estimate of drug-likeness (QED) is 0.368. The van der Waals surface area contributed by atoms with Crippen molar-refractivity contribution in [1.29, 1.82) is 0 Å². The van der Waals surface area contributed by atoms with Crippen LogP contribution in [0, 0.1) is 0 Å². The van der Waals surface area contributed by atoms with E-state index in [-0.39, 0.29) is 18.3 Å². The summed E-state index contributed by atoms with van der Waals surface area (Å²) >= 11 is 0. The highest BCUT2D eigenvalue weighted by Gasteiger charge is 2.56. The third kappa shape index (κ3) is 4.48. The first-order valence-electron chi connectivity index (χ1n) is 8.13. The van der Waals surface area contributed by atoms with Crippen molar-refractivity contribution in [3.63, 3.8) is 0 Å². The van der Waals surface area contributed by atoms with Gasteiger partial charge in [0.1, 0.15) is 36.6 Å². The number of hydrogen-bond donors (Lipinski definition) is 5. The topological polar surface area (TPSA) is 147 Å². The van der Waals surface area contributed by atoms with E-state index in [1.165, 1.54) is 0 Å². The van der Waals surface area contributed by atoms with Gasteiger partial charge in [-0.1, -0.05) is 0 Å². The Morgan fingerprint density at radius 1 is 1.04 bits per heavy atom. The van der Waals surface area contributed by atoms with Crippen LogP contribution in [0.25, 0.3) is 0 Å². The molecule has 0 aromatic heterocycles. The summed E-state index contributed by atoms with van der Waals surface area (Å²) in [4.78, 5) is 0. The molecule has 3 aliphatic heterocycles. The molecule has 0 aromatic carbocycles. The van der Waals surface area contributed by atoms with E-state index in [1.807, 2.05) is 13.8 Å². The molecule has 0 bridgehead atoms. The molecule has 5 N–H and O–H groups in total. The highest BCUT2D eigenvalue weighted by atomic mass is 16.8. The number of methoxy groups -OCH3 is 1. The first-order valence-corrected chi connectivity index (χ1v) is 8.13. The Kier molecular flexibility index (Phi) is 6.77. The van der Waals surface area contributed by atoms with Crippen molar-refractivity contribution < 1.29 is 49.2 Å². The number of hydrogen-bond acceptors (Lipinski definition) is 10. The summed E-state index contributed by atoms with van der Waals surface area (Å²) in [6.07, 6.45) is -6.72. The summed E-state index contributed by atoms with van der Waals surface area (Å²) < 4.78 is 26.6. The zero-order chi connectivity index (χ0) is 18.9. The third-order valence-electron chi connectivity index (χ3n) is 4.27. The molecule has 0 radical (unpaired) electrons. The van der Waals surface area contributed by atoms with Crippen LogP contribution in [0.1, 0.15) is 20.8 Å². The van der Waals surface area contributed by atoms with Gasteiger partial charge in [0.05, 0.1) is 12.7 Å². The van der Waals surface area contributed by atoms with Crippen molar-refractivity contribution in [3.05, 3.63) is 0 Å². The predicted molar refractivity (Wildman–Crippen MR) is 81.2 cm³/mol. The van der Waals surface area contributed by atoms with Crippen LogP contribution in [-0.4, -0.2) is 100 Å². The van der Waals surface area contributed by atoms with E-state index in [2.05, 4.69) is 4.74 Å². The van der Waals surface area contributed by atoms with Gasteiger partial charge in [0.2, 0.25) is 0 Å². The lowest BCUT2D eigenvalue weighted by Gasteiger charge is -2.24. The Labute approximate surface area is 145 Å². The molecule has 0 saturated carbocycles. The number of aliphatic hydroxyl groups is 5. The second-order valence-corrected chi connectivity index (χ2v) is 6.74. The van der Waals surface area contributed by atoms with Gasteiger partial charge in [0, 0.05) is 7.11 Å². The van der Waals surface area contributed by atoms with E-state index in [4.69, 9.17) is 39.4 Å². The highest BCUT2D eigenvalue weighted by molar-refractivity contribution is 4.96. The zero-order valence-corrected chi connectivity index (χ0v) is 14.7. The minimum atomic E-state index is -1.38. The lowest BCUT2D eigenvalue weighted by atomic mass is 10.1. The van der Waals surface area contributed by atoms with Gasteiger partial charge in [-0.3, -0.25) is 0 Å². The maximum atomic E-state index is 9.57. The second kappa shape index (κ2) is 8.09. The average Bonchev–Trinajstić information content (AvgIpc) is 3.11. The molecule has 3 unspecified atom stereocenters. The van der Waals surface area contributed by atoms with Gasteiger partial charge in [-0.05, 0) is 20.8 Å². The Morgan fingerprint density at radius 2 is 1.64 bits per heavy atom. The van der Waals surface area contributed by atoms with Gasteiger partial charge in [-0.15, -0.1) is 0 Å². The minimum absolute atomic E-state index is 0.259. The monoisotopic (exact) mass is 368 g/mol. The number of ether oxygens (including phenoxy) is 5. The number of aliphatic hydroxyl groups excluding tert-OH is 5. The number of fused-ring (bicyclic) bond motifs is 1. The molecule has 0 aromatic rings. The van der Waals surface area contributed by atoms with E-state index < -0.39 is 49.4 Å². The van der Waals surface area contributed by atoms with E-state index in [1.54, 1.807) is 14.0 Å². The fraction of sp³-hybridized carbons (Fsp3) is 1.00. The molecule has 3 fully saturated rings. The average molecular weight is 368 g/mol. The molecule has 3 saturated heterocycles. The lowest BCUT2D eigenvalue weighted by Crippen LogP contribution is -2.36. The van der Waals surface area contributed by atoms with Crippen LogP contribution in [0.4, 0.5) is 0 Å². The van der Waals surface area contributed by atoms with Crippen LogP contribution in [0.3, 0.4) is 0 Å². The molecule has 0 spiro atoms. The minimum Gasteiger partial charge on any atom is -0.394 e. The molecule has 10 heteroatoms. The first kappa shape index (κ1) is 20.9. The molecule has 3 heterocycles. The molecular weight excluding hydrogens is 340 g/mol. The number of rotatable bonds is 3. The summed E-state index contributed by atoms with van der Waals surface area (Å²) in [5, 5.41) is 44.5. The van der Waals surface area contributed by atoms with Crippen LogP contribution in [0.2, 0.25) is 0 Å². The molecule has 0 amide bonds. The van der Waals surface area contributed by atoms with Crippen LogP contribution in [0.15, 0.2) is 0 Å². The molecule has 0 aliphatic carbocycles. The van der Waals surface area contributed by atoms with Crippen LogP contribution in [-0.2, 0) is 23.7 Å². The van der Waals surface area contributed by atoms with Crippen LogP contribution < -0.4 is 0 Å². The van der Waals surface area contributed by atoms with Gasteiger partial charge >= 0.3 is 0 Å². The van der Waals surface area contributed by atoms with Crippen molar-refractivity contribution >= 4 is 0 Å². The molecule has 3 aliphatic rings. The Bertz CT molecular complexity index is 431. The summed E-state index contributed by atoms with van der Waals surface area (Å²) in [5.41, 5.74) is 0. The fourth-order valence-electron chi connectivity index (χ4n) is 3.05. The smallest absolute Gasteiger partial charge is 0.186 e. The lowest BCUT2D eigenvalue weighted by molar-refractivity contribution is -0.235. The fourth-order valence-corrected chi connectivity index (χ4v) is 3.05. The SMILES string of the molecule is COC1O[C@H](C(C)O)[C@H]2OC(C)(C)O[C@@H]12.OC[C@H]1OC(O)[C@H](O)[C@@H]1O. The Hall–Kier alpha value is -0.400. The summed E-state index contributed by atoms with van der Waals surface area (Å²) in [6.45, 7) is 4.96. The molecular formula is C15H28O10. The van der Waals surface area contributed by atoms with E-state index in [0.29, 0.717) is 0 Å². The molecule has 9 atom stereocenters. The summed E-state index contributed by atoms with van der Waals surface area (Å²) in [6, 6.07) is 0. The molecule has 25 heavy (non-hydrogen) atoms. The Morgan fingerprint density at radius 3 is 2.04 bits per heavy atom. The van der Waals surface area contributed by atoms with Gasteiger partial charge < -0.3 is 49.2 Å². The second-order valence-electron chi connectivity index (χ2n) is 6.74. The maximum Gasteiger partial charge on any atom is 0.186 e. The standard InChI is InChI=1S/C10H18O5.C5H10O5/c1-5(11)6-7-8(9(12-4)13-6)15-10(2,3)14-7;6-1-2-3(7)4(8)5(9)10-2/h5-9,11H,1-4H3;2-9H,1H2/t5?,6-,7-,8-,9?;2-,3-,4-,5?/m11/s1. The van der Waals surface area contributed by atoms with Gasteiger partial charge in [-0.2, -0.15) is 0 Å². The predicted octanol–water partition coefficient (Wildman–Crippen LogP) is -2.32. The Balaban J connectivity index is 0.000000196. The van der Waals surface area contributed by atoms with E-state index in [9.17, 15) is 5.11 Å². The van der Waals surface area contributed by atoms with Crippen molar-refractivity contribution in [3.8, 4) is 0 Å². The van der Waals surface area contributed by atoms with Gasteiger partial charge in [0.25, 0.3) is 0 Å². The summed E-state index contributed by atoms with van der Waals surface area (Å²) in [5.74, 6) is -0.636. The molecule has 148 valence electrons. The van der Waals surface area contributed by atoms with E-state index in [0.717, 1.165) is 0 Å². The first-order chi connectivity index (χ1) is 11.6. The summed E-state index contributed by atoms with van der Waals surface area (Å²) in [7, 11) is 1.56.